The SMILES string of the molecule is CC(Oc1ccc([N+](=O)[O-])cc1[C@H](C)O)C(=O)O. The largest absolute Gasteiger partial charge is 0.479 e. The van der Waals surface area contributed by atoms with E-state index in [4.69, 9.17) is 9.84 Å². The third-order valence-corrected chi connectivity index (χ3v) is 2.31. The molecule has 0 spiro atoms. The molecule has 0 aliphatic carbocycles. The third-order valence-electron chi connectivity index (χ3n) is 2.31. The van der Waals surface area contributed by atoms with Gasteiger partial charge in [0.15, 0.2) is 6.10 Å². The van der Waals surface area contributed by atoms with Crippen LogP contribution in [-0.2, 0) is 4.79 Å². The molecule has 1 rings (SSSR count). The molecule has 0 saturated heterocycles. The molecule has 2 atom stereocenters. The Kier molecular flexibility index (Phi) is 4.22. The van der Waals surface area contributed by atoms with Gasteiger partial charge in [-0.15, -0.1) is 0 Å². The van der Waals surface area contributed by atoms with Gasteiger partial charge in [0.25, 0.3) is 5.69 Å². The summed E-state index contributed by atoms with van der Waals surface area (Å²) in [6.45, 7) is 2.74. The van der Waals surface area contributed by atoms with Gasteiger partial charge in [-0.05, 0) is 19.9 Å². The lowest BCUT2D eigenvalue weighted by molar-refractivity contribution is -0.385. The maximum Gasteiger partial charge on any atom is 0.344 e. The van der Waals surface area contributed by atoms with Crippen molar-refractivity contribution in [3.8, 4) is 5.75 Å². The lowest BCUT2D eigenvalue weighted by Crippen LogP contribution is -2.23. The second-order valence-corrected chi connectivity index (χ2v) is 3.75. The number of aliphatic carboxylic acids is 1. The molecular formula is C11H13NO6. The number of carbonyl (C=O) groups is 1. The highest BCUT2D eigenvalue weighted by Gasteiger charge is 2.19. The van der Waals surface area contributed by atoms with E-state index in [9.17, 15) is 20.0 Å². The molecule has 0 heterocycles. The van der Waals surface area contributed by atoms with E-state index in [1.807, 2.05) is 0 Å². The maximum atomic E-state index is 10.7. The quantitative estimate of drug-likeness (QED) is 0.609. The number of rotatable bonds is 5. The van der Waals surface area contributed by atoms with Gasteiger partial charge >= 0.3 is 5.97 Å². The lowest BCUT2D eigenvalue weighted by Gasteiger charge is -2.15. The van der Waals surface area contributed by atoms with Gasteiger partial charge < -0.3 is 14.9 Å². The number of carboxylic acid groups (broad SMARTS) is 1. The summed E-state index contributed by atoms with van der Waals surface area (Å²) in [6.07, 6.45) is -2.11. The molecule has 0 aromatic heterocycles. The maximum absolute atomic E-state index is 10.7. The van der Waals surface area contributed by atoms with E-state index in [-0.39, 0.29) is 17.0 Å². The van der Waals surface area contributed by atoms with Crippen molar-refractivity contribution in [2.45, 2.75) is 26.1 Å². The number of non-ortho nitro benzene ring substituents is 1. The van der Waals surface area contributed by atoms with E-state index in [2.05, 4.69) is 0 Å². The van der Waals surface area contributed by atoms with Crippen LogP contribution in [0.5, 0.6) is 5.75 Å². The first-order valence-electron chi connectivity index (χ1n) is 5.18. The summed E-state index contributed by atoms with van der Waals surface area (Å²) >= 11 is 0. The van der Waals surface area contributed by atoms with Crippen LogP contribution < -0.4 is 4.74 Å². The fraction of sp³-hybridized carbons (Fsp3) is 0.364. The summed E-state index contributed by atoms with van der Waals surface area (Å²) in [5.41, 5.74) is -0.0153. The molecule has 0 amide bonds. The Balaban J connectivity index is 3.11. The first-order chi connectivity index (χ1) is 8.32. The van der Waals surface area contributed by atoms with E-state index in [0.29, 0.717) is 0 Å². The number of aliphatic hydroxyl groups excluding tert-OH is 1. The van der Waals surface area contributed by atoms with Gasteiger partial charge in [-0.25, -0.2) is 4.79 Å². The van der Waals surface area contributed by atoms with Gasteiger partial charge in [0.1, 0.15) is 5.75 Å². The molecule has 0 aliphatic rings. The van der Waals surface area contributed by atoms with Crippen LogP contribution in [0, 0.1) is 10.1 Å². The number of nitrogens with zero attached hydrogens (tertiary/aromatic N) is 1. The Bertz CT molecular complexity index is 471. The number of benzene rings is 1. The molecule has 18 heavy (non-hydrogen) atoms. The highest BCUT2D eigenvalue weighted by molar-refractivity contribution is 5.72. The summed E-state index contributed by atoms with van der Waals surface area (Å²) in [5.74, 6) is -1.05. The number of aliphatic hydroxyl groups is 1. The van der Waals surface area contributed by atoms with Crippen molar-refractivity contribution in [2.24, 2.45) is 0 Å². The van der Waals surface area contributed by atoms with E-state index < -0.39 is 23.1 Å². The first-order valence-corrected chi connectivity index (χ1v) is 5.18. The molecule has 1 aromatic carbocycles. The van der Waals surface area contributed by atoms with Crippen LogP contribution in [0.2, 0.25) is 0 Å². The second kappa shape index (κ2) is 5.46. The van der Waals surface area contributed by atoms with Crippen LogP contribution in [0.3, 0.4) is 0 Å². The van der Waals surface area contributed by atoms with Gasteiger partial charge in [0.05, 0.1) is 11.0 Å². The minimum Gasteiger partial charge on any atom is -0.479 e. The van der Waals surface area contributed by atoms with Crippen molar-refractivity contribution in [2.75, 3.05) is 0 Å². The predicted octanol–water partition coefficient (Wildman–Crippen LogP) is 1.50. The van der Waals surface area contributed by atoms with Crippen LogP contribution in [0.15, 0.2) is 18.2 Å². The number of ether oxygens (including phenoxy) is 1. The molecule has 0 bridgehead atoms. The Morgan fingerprint density at radius 2 is 2.06 bits per heavy atom. The van der Waals surface area contributed by atoms with Gasteiger partial charge in [-0.1, -0.05) is 0 Å². The van der Waals surface area contributed by atoms with Crippen LogP contribution in [0.1, 0.15) is 25.5 Å². The number of carboxylic acids is 1. The highest BCUT2D eigenvalue weighted by Crippen LogP contribution is 2.29. The first kappa shape index (κ1) is 13.9. The molecule has 0 fully saturated rings. The van der Waals surface area contributed by atoms with Crippen molar-refractivity contribution >= 4 is 11.7 Å². The molecule has 7 heteroatoms. The van der Waals surface area contributed by atoms with Gasteiger partial charge in [-0.2, -0.15) is 0 Å². The van der Waals surface area contributed by atoms with Crippen molar-refractivity contribution in [3.05, 3.63) is 33.9 Å². The molecule has 0 radical (unpaired) electrons. The van der Waals surface area contributed by atoms with Crippen molar-refractivity contribution in [3.63, 3.8) is 0 Å². The van der Waals surface area contributed by atoms with Gasteiger partial charge in [0.2, 0.25) is 0 Å². The molecular weight excluding hydrogens is 242 g/mol. The van der Waals surface area contributed by atoms with Crippen LogP contribution >= 0.6 is 0 Å². The Labute approximate surface area is 103 Å². The molecule has 1 unspecified atom stereocenters. The van der Waals surface area contributed by atoms with Gasteiger partial charge in [0, 0.05) is 17.7 Å². The monoisotopic (exact) mass is 255 g/mol. The van der Waals surface area contributed by atoms with Crippen LogP contribution in [0.4, 0.5) is 5.69 Å². The van der Waals surface area contributed by atoms with E-state index in [1.54, 1.807) is 0 Å². The zero-order valence-electron chi connectivity index (χ0n) is 9.86. The lowest BCUT2D eigenvalue weighted by atomic mass is 10.1. The Morgan fingerprint density at radius 1 is 1.44 bits per heavy atom. The third kappa shape index (κ3) is 3.17. The number of nitro benzene ring substituents is 1. The summed E-state index contributed by atoms with van der Waals surface area (Å²) in [7, 11) is 0. The number of hydrogen-bond acceptors (Lipinski definition) is 5. The van der Waals surface area contributed by atoms with Crippen molar-refractivity contribution in [1.29, 1.82) is 0 Å². The molecule has 1 aromatic rings. The normalized spacial score (nSPS) is 13.7. The number of nitro groups is 1. The molecule has 0 saturated carbocycles. The summed E-state index contributed by atoms with van der Waals surface area (Å²) in [6, 6.07) is 3.63. The fourth-order valence-electron chi connectivity index (χ4n) is 1.32. The average Bonchev–Trinajstić information content (AvgIpc) is 2.28. The molecule has 7 nitrogen and oxygen atoms in total. The smallest absolute Gasteiger partial charge is 0.344 e. The summed E-state index contributed by atoms with van der Waals surface area (Å²) < 4.78 is 5.12. The van der Waals surface area contributed by atoms with E-state index >= 15 is 0 Å². The summed E-state index contributed by atoms with van der Waals surface area (Å²) in [5, 5.41) is 28.8. The van der Waals surface area contributed by atoms with E-state index in [0.717, 1.165) is 6.07 Å². The molecule has 98 valence electrons. The predicted molar refractivity (Wildman–Crippen MR) is 61.5 cm³/mol. The zero-order valence-corrected chi connectivity index (χ0v) is 9.86. The van der Waals surface area contributed by atoms with Crippen molar-refractivity contribution in [1.82, 2.24) is 0 Å². The zero-order chi connectivity index (χ0) is 13.9. The Hall–Kier alpha value is -2.15. The minimum absolute atomic E-state index is 0.116. The van der Waals surface area contributed by atoms with Crippen LogP contribution in [-0.4, -0.2) is 27.2 Å². The van der Waals surface area contributed by atoms with Gasteiger partial charge in [-0.3, -0.25) is 10.1 Å². The second-order valence-electron chi connectivity index (χ2n) is 3.75. The molecule has 2 N–H and O–H groups in total. The summed E-state index contributed by atoms with van der Waals surface area (Å²) in [4.78, 5) is 20.7. The van der Waals surface area contributed by atoms with E-state index in [1.165, 1.54) is 26.0 Å². The average molecular weight is 255 g/mol. The minimum atomic E-state index is -1.16. The fourth-order valence-corrected chi connectivity index (χ4v) is 1.32. The Morgan fingerprint density at radius 3 is 2.50 bits per heavy atom. The number of hydrogen-bond donors (Lipinski definition) is 2. The van der Waals surface area contributed by atoms with Crippen molar-refractivity contribution < 1.29 is 24.7 Å². The van der Waals surface area contributed by atoms with Crippen LogP contribution in [0.25, 0.3) is 0 Å². The molecule has 0 aliphatic heterocycles. The highest BCUT2D eigenvalue weighted by atomic mass is 16.6. The topological polar surface area (TPSA) is 110 Å². The standard InChI is InChI=1S/C11H13NO6/c1-6(13)9-5-8(12(16)17)3-4-10(9)18-7(2)11(14)15/h3-7,13H,1-2H3,(H,14,15)/t6-,7?/m0/s1.